The fraction of sp³-hybridized carbons (Fsp3) is 0.263. The minimum absolute atomic E-state index is 0.154. The average Bonchev–Trinajstić information content (AvgIpc) is 2.93. The molecule has 0 amide bonds. The minimum atomic E-state index is -3.79. The molecule has 1 N–H and O–H groups in total. The van der Waals surface area contributed by atoms with E-state index in [4.69, 9.17) is 9.47 Å². The molecule has 136 valence electrons. The predicted molar refractivity (Wildman–Crippen MR) is 99.5 cm³/mol. The van der Waals surface area contributed by atoms with E-state index in [2.05, 4.69) is 5.32 Å². The summed E-state index contributed by atoms with van der Waals surface area (Å²) < 4.78 is 39.0. The van der Waals surface area contributed by atoms with Crippen molar-refractivity contribution in [3.8, 4) is 11.5 Å². The number of aromatic nitrogens is 1. The van der Waals surface area contributed by atoms with Crippen LogP contribution in [0, 0.1) is 6.92 Å². The van der Waals surface area contributed by atoms with Crippen LogP contribution in [-0.2, 0) is 16.6 Å². The molecule has 1 aromatic heterocycles. The fourth-order valence-corrected chi connectivity index (χ4v) is 4.89. The van der Waals surface area contributed by atoms with E-state index in [9.17, 15) is 8.42 Å². The summed E-state index contributed by atoms with van der Waals surface area (Å²) in [6, 6.07) is 10.6. The summed E-state index contributed by atoms with van der Waals surface area (Å²) in [6.07, 6.45) is 1.59. The zero-order valence-electron chi connectivity index (χ0n) is 14.7. The quantitative estimate of drug-likeness (QED) is 0.765. The highest BCUT2D eigenvalue weighted by Gasteiger charge is 2.25. The molecule has 0 aliphatic carbocycles. The Balaban J connectivity index is 1.92. The molecule has 0 saturated carbocycles. The summed E-state index contributed by atoms with van der Waals surface area (Å²) in [7, 11) is -2.32. The second-order valence-corrected chi connectivity index (χ2v) is 8.05. The lowest BCUT2D eigenvalue weighted by Gasteiger charge is -2.13. The van der Waals surface area contributed by atoms with Crippen LogP contribution in [-0.4, -0.2) is 32.7 Å². The Labute approximate surface area is 152 Å². The fourth-order valence-electron chi connectivity index (χ4n) is 3.30. The Morgan fingerprint density at radius 2 is 2.04 bits per heavy atom. The molecule has 0 bridgehead atoms. The van der Waals surface area contributed by atoms with Crippen LogP contribution in [0.5, 0.6) is 11.5 Å². The Kier molecular flexibility index (Phi) is 4.13. The predicted octanol–water partition coefficient (Wildman–Crippen LogP) is 2.68. The van der Waals surface area contributed by atoms with Gasteiger partial charge in [-0.3, -0.25) is 0 Å². The van der Waals surface area contributed by atoms with Crippen molar-refractivity contribution in [3.63, 3.8) is 0 Å². The third kappa shape index (κ3) is 2.64. The molecular formula is C19H20N2O4S. The smallest absolute Gasteiger partial charge is 0.271 e. The number of hydrogen-bond acceptors (Lipinski definition) is 5. The highest BCUT2D eigenvalue weighted by atomic mass is 32.2. The lowest BCUT2D eigenvalue weighted by atomic mass is 10.1. The molecule has 2 heterocycles. The molecule has 6 nitrogen and oxygen atoms in total. The van der Waals surface area contributed by atoms with Crippen LogP contribution in [0.25, 0.3) is 10.9 Å². The second-order valence-electron chi connectivity index (χ2n) is 6.27. The highest BCUT2D eigenvalue weighted by molar-refractivity contribution is 7.90. The number of aryl methyl sites for hydroxylation is 1. The average molecular weight is 372 g/mol. The van der Waals surface area contributed by atoms with Crippen LogP contribution in [0.2, 0.25) is 0 Å². The van der Waals surface area contributed by atoms with Crippen molar-refractivity contribution in [2.45, 2.75) is 18.4 Å². The molecule has 0 fully saturated rings. The van der Waals surface area contributed by atoms with Gasteiger partial charge in [0.1, 0.15) is 23.0 Å². The van der Waals surface area contributed by atoms with Gasteiger partial charge in [-0.2, -0.15) is 0 Å². The van der Waals surface area contributed by atoms with Crippen molar-refractivity contribution >= 4 is 20.9 Å². The summed E-state index contributed by atoms with van der Waals surface area (Å²) in [6.45, 7) is 3.85. The first-order valence-corrected chi connectivity index (χ1v) is 9.83. The molecule has 4 rings (SSSR count). The van der Waals surface area contributed by atoms with E-state index in [1.807, 2.05) is 25.1 Å². The lowest BCUT2D eigenvalue weighted by Crippen LogP contribution is -2.16. The van der Waals surface area contributed by atoms with Gasteiger partial charge >= 0.3 is 0 Å². The van der Waals surface area contributed by atoms with Crippen LogP contribution >= 0.6 is 0 Å². The van der Waals surface area contributed by atoms with Crippen molar-refractivity contribution in [3.05, 3.63) is 53.7 Å². The van der Waals surface area contributed by atoms with Gasteiger partial charge < -0.3 is 14.8 Å². The maximum Gasteiger partial charge on any atom is 0.271 e. The summed E-state index contributed by atoms with van der Waals surface area (Å²) >= 11 is 0. The minimum Gasteiger partial charge on any atom is -0.495 e. The second kappa shape index (κ2) is 6.34. The Hall–Kier alpha value is -2.51. The summed E-state index contributed by atoms with van der Waals surface area (Å²) in [5, 5.41) is 4.16. The van der Waals surface area contributed by atoms with Crippen molar-refractivity contribution < 1.29 is 17.9 Å². The van der Waals surface area contributed by atoms with Gasteiger partial charge in [-0.25, -0.2) is 12.4 Å². The van der Waals surface area contributed by atoms with Crippen molar-refractivity contribution in [1.82, 2.24) is 9.29 Å². The first-order valence-electron chi connectivity index (χ1n) is 8.39. The number of nitrogens with zero attached hydrogens (tertiary/aromatic N) is 1. The molecule has 0 spiro atoms. The van der Waals surface area contributed by atoms with Crippen molar-refractivity contribution in [2.24, 2.45) is 0 Å². The zero-order valence-corrected chi connectivity index (χ0v) is 15.5. The standard InChI is InChI=1S/C19H20N2O4S/c1-13-3-5-18(24-2)19(11-13)26(22,23)21-9-7-14-15-12-20-8-10-25-17(15)6-4-16(14)21/h3-7,9,11,20H,8,10,12H2,1-2H3. The van der Waals surface area contributed by atoms with Gasteiger partial charge in [0.2, 0.25) is 0 Å². The first kappa shape index (κ1) is 16.9. The van der Waals surface area contributed by atoms with E-state index >= 15 is 0 Å². The summed E-state index contributed by atoms with van der Waals surface area (Å²) in [5.41, 5.74) is 2.46. The number of rotatable bonds is 3. The molecule has 0 atom stereocenters. The number of fused-ring (bicyclic) bond motifs is 3. The van der Waals surface area contributed by atoms with Gasteiger partial charge in [-0.15, -0.1) is 0 Å². The van der Waals surface area contributed by atoms with Gasteiger partial charge in [0.05, 0.1) is 12.6 Å². The van der Waals surface area contributed by atoms with E-state index in [1.54, 1.807) is 24.4 Å². The Bertz CT molecular complexity index is 1090. The maximum atomic E-state index is 13.3. The van der Waals surface area contributed by atoms with Crippen molar-refractivity contribution in [1.29, 1.82) is 0 Å². The van der Waals surface area contributed by atoms with Gasteiger partial charge in [0.15, 0.2) is 0 Å². The van der Waals surface area contributed by atoms with Gasteiger partial charge in [0.25, 0.3) is 10.0 Å². The summed E-state index contributed by atoms with van der Waals surface area (Å²) in [4.78, 5) is 0.154. The van der Waals surface area contributed by atoms with E-state index in [0.717, 1.165) is 28.8 Å². The molecule has 0 radical (unpaired) electrons. The Morgan fingerprint density at radius 3 is 2.85 bits per heavy atom. The molecular weight excluding hydrogens is 352 g/mol. The van der Waals surface area contributed by atoms with Gasteiger partial charge in [-0.1, -0.05) is 6.07 Å². The number of nitrogens with one attached hydrogen (secondary N) is 1. The number of benzene rings is 2. The monoisotopic (exact) mass is 372 g/mol. The third-order valence-corrected chi connectivity index (χ3v) is 6.31. The molecule has 7 heteroatoms. The van der Waals surface area contributed by atoms with Gasteiger partial charge in [-0.05, 0) is 42.8 Å². The number of hydrogen-bond donors (Lipinski definition) is 1. The van der Waals surface area contributed by atoms with Crippen LogP contribution in [0.1, 0.15) is 11.1 Å². The van der Waals surface area contributed by atoms with Crippen LogP contribution in [0.15, 0.2) is 47.5 Å². The van der Waals surface area contributed by atoms with Crippen LogP contribution in [0.4, 0.5) is 0 Å². The normalized spacial score (nSPS) is 14.5. The Morgan fingerprint density at radius 1 is 1.19 bits per heavy atom. The first-order chi connectivity index (χ1) is 12.5. The molecule has 0 saturated heterocycles. The lowest BCUT2D eigenvalue weighted by molar-refractivity contribution is 0.326. The SMILES string of the molecule is COc1ccc(C)cc1S(=O)(=O)n1ccc2c3c(ccc21)OCCNC3. The largest absolute Gasteiger partial charge is 0.495 e. The van der Waals surface area contributed by atoms with Crippen LogP contribution < -0.4 is 14.8 Å². The van der Waals surface area contributed by atoms with E-state index in [1.165, 1.54) is 11.1 Å². The molecule has 0 unspecified atom stereocenters. The number of ether oxygens (including phenoxy) is 2. The maximum absolute atomic E-state index is 13.3. The third-order valence-electron chi connectivity index (χ3n) is 4.60. The van der Waals surface area contributed by atoms with E-state index in [-0.39, 0.29) is 4.90 Å². The summed E-state index contributed by atoms with van der Waals surface area (Å²) in [5.74, 6) is 1.13. The molecule has 3 aromatic rings. The highest BCUT2D eigenvalue weighted by Crippen LogP contribution is 2.33. The van der Waals surface area contributed by atoms with Crippen molar-refractivity contribution in [2.75, 3.05) is 20.3 Å². The van der Waals surface area contributed by atoms with E-state index in [0.29, 0.717) is 24.4 Å². The van der Waals surface area contributed by atoms with Gasteiger partial charge in [0, 0.05) is 30.2 Å². The zero-order chi connectivity index (χ0) is 18.3. The van der Waals surface area contributed by atoms with Crippen LogP contribution in [0.3, 0.4) is 0 Å². The van der Waals surface area contributed by atoms with E-state index < -0.39 is 10.0 Å². The number of methoxy groups -OCH3 is 1. The topological polar surface area (TPSA) is 69.6 Å². The molecule has 26 heavy (non-hydrogen) atoms. The molecule has 2 aromatic carbocycles. The molecule has 1 aliphatic heterocycles. The molecule has 1 aliphatic rings.